The normalized spacial score (nSPS) is 19.8. The molecule has 1 aromatic heterocycles. The van der Waals surface area contributed by atoms with Crippen molar-refractivity contribution in [1.82, 2.24) is 19.8 Å². The molecular formula is C25H24ClN5O2. The van der Waals surface area contributed by atoms with Crippen molar-refractivity contribution in [2.75, 3.05) is 13.2 Å². The second-order valence-electron chi connectivity index (χ2n) is 8.41. The minimum Gasteiger partial charge on any atom is -0.493 e. The number of hydrogen-bond donors (Lipinski definition) is 1. The highest BCUT2D eigenvalue weighted by Gasteiger charge is 2.38. The van der Waals surface area contributed by atoms with Crippen molar-refractivity contribution in [2.24, 2.45) is 0 Å². The van der Waals surface area contributed by atoms with Crippen molar-refractivity contribution in [3.8, 4) is 11.8 Å². The molecule has 7 nitrogen and oxygen atoms in total. The Morgan fingerprint density at radius 1 is 1.21 bits per heavy atom. The van der Waals surface area contributed by atoms with Crippen LogP contribution in [0.1, 0.15) is 41.3 Å². The number of ether oxygens (including phenoxy) is 1. The Kier molecular flexibility index (Phi) is 6.03. The van der Waals surface area contributed by atoms with E-state index in [1.54, 1.807) is 6.33 Å². The molecule has 8 heteroatoms. The van der Waals surface area contributed by atoms with Crippen molar-refractivity contribution < 1.29 is 9.53 Å². The van der Waals surface area contributed by atoms with Gasteiger partial charge in [-0.15, -0.1) is 0 Å². The number of amides is 1. The lowest BCUT2D eigenvalue weighted by atomic mass is 9.99. The lowest BCUT2D eigenvalue weighted by Crippen LogP contribution is -2.40. The summed E-state index contributed by atoms with van der Waals surface area (Å²) in [5, 5.41) is 13.1. The monoisotopic (exact) mass is 461 g/mol. The maximum Gasteiger partial charge on any atom is 0.240 e. The molecule has 0 bridgehead atoms. The number of nitriles is 1. The lowest BCUT2D eigenvalue weighted by molar-refractivity contribution is -0.132. The van der Waals surface area contributed by atoms with Gasteiger partial charge in [-0.3, -0.25) is 4.79 Å². The molecule has 3 heterocycles. The van der Waals surface area contributed by atoms with Crippen LogP contribution in [0.3, 0.4) is 0 Å². The molecule has 1 N–H and O–H groups in total. The van der Waals surface area contributed by atoms with Crippen molar-refractivity contribution in [2.45, 2.75) is 38.0 Å². The first kappa shape index (κ1) is 21.5. The summed E-state index contributed by atoms with van der Waals surface area (Å²) in [5.41, 5.74) is 3.73. The third kappa shape index (κ3) is 4.45. The molecule has 2 aromatic carbocycles. The smallest absolute Gasteiger partial charge is 0.240 e. The zero-order chi connectivity index (χ0) is 22.8. The zero-order valence-corrected chi connectivity index (χ0v) is 18.8. The zero-order valence-electron chi connectivity index (χ0n) is 18.1. The maximum absolute atomic E-state index is 13.2. The van der Waals surface area contributed by atoms with Crippen molar-refractivity contribution >= 4 is 17.5 Å². The Balaban J connectivity index is 1.23. The second kappa shape index (κ2) is 9.26. The number of aromatic nitrogens is 2. The van der Waals surface area contributed by atoms with Gasteiger partial charge >= 0.3 is 0 Å². The predicted molar refractivity (Wildman–Crippen MR) is 124 cm³/mol. The molecule has 2 atom stereocenters. The molecular weight excluding hydrogens is 438 g/mol. The van der Waals surface area contributed by atoms with Gasteiger partial charge in [0.1, 0.15) is 5.75 Å². The van der Waals surface area contributed by atoms with Gasteiger partial charge < -0.3 is 19.5 Å². The molecule has 33 heavy (non-hydrogen) atoms. The summed E-state index contributed by atoms with van der Waals surface area (Å²) in [5.74, 6) is 0.928. The summed E-state index contributed by atoms with van der Waals surface area (Å²) in [6.07, 6.45) is 5.14. The van der Waals surface area contributed by atoms with Gasteiger partial charge in [0, 0.05) is 42.8 Å². The van der Waals surface area contributed by atoms with E-state index in [4.69, 9.17) is 21.6 Å². The van der Waals surface area contributed by atoms with E-state index in [2.05, 4.69) is 20.9 Å². The SMILES string of the molecule is N#Cc1ccc(Cn2cncc2CN[C@H]2CCN([C@@H]3CCOc4ccc(Cl)cc43)C2=O)cc1. The third-order valence-electron chi connectivity index (χ3n) is 6.36. The first-order chi connectivity index (χ1) is 16.1. The molecule has 5 rings (SSSR count). The summed E-state index contributed by atoms with van der Waals surface area (Å²) in [4.78, 5) is 19.5. The highest BCUT2D eigenvalue weighted by atomic mass is 35.5. The third-order valence-corrected chi connectivity index (χ3v) is 6.59. The number of nitrogens with one attached hydrogen (secondary N) is 1. The summed E-state index contributed by atoms with van der Waals surface area (Å²) in [6, 6.07) is 15.1. The second-order valence-corrected chi connectivity index (χ2v) is 8.85. The van der Waals surface area contributed by atoms with Gasteiger partial charge in [0.05, 0.1) is 42.3 Å². The molecule has 1 fully saturated rings. The highest BCUT2D eigenvalue weighted by molar-refractivity contribution is 6.30. The number of fused-ring (bicyclic) bond motifs is 1. The van der Waals surface area contributed by atoms with Gasteiger partial charge in [-0.05, 0) is 42.3 Å². The largest absolute Gasteiger partial charge is 0.493 e. The molecule has 2 aliphatic heterocycles. The van der Waals surface area contributed by atoms with Gasteiger partial charge in [-0.2, -0.15) is 5.26 Å². The molecule has 3 aromatic rings. The number of rotatable bonds is 6. The fourth-order valence-electron chi connectivity index (χ4n) is 4.62. The van der Waals surface area contributed by atoms with E-state index in [9.17, 15) is 4.79 Å². The van der Waals surface area contributed by atoms with Crippen LogP contribution in [-0.2, 0) is 17.9 Å². The van der Waals surface area contributed by atoms with Crippen LogP contribution in [0.4, 0.5) is 0 Å². The number of benzene rings is 2. The van der Waals surface area contributed by atoms with E-state index in [1.165, 1.54) is 0 Å². The molecule has 2 aliphatic rings. The van der Waals surface area contributed by atoms with Crippen LogP contribution in [-0.4, -0.2) is 39.6 Å². The van der Waals surface area contributed by atoms with Crippen LogP contribution in [0.5, 0.6) is 5.75 Å². The number of hydrogen-bond acceptors (Lipinski definition) is 5. The average molecular weight is 462 g/mol. The van der Waals surface area contributed by atoms with Gasteiger partial charge in [0.2, 0.25) is 5.91 Å². The Morgan fingerprint density at radius 2 is 2.06 bits per heavy atom. The minimum absolute atomic E-state index is 0.00587. The Bertz CT molecular complexity index is 1200. The Hall–Kier alpha value is -3.34. The van der Waals surface area contributed by atoms with Crippen LogP contribution >= 0.6 is 11.6 Å². The number of halogens is 1. The van der Waals surface area contributed by atoms with E-state index in [0.29, 0.717) is 36.8 Å². The molecule has 168 valence electrons. The van der Waals surface area contributed by atoms with Crippen molar-refractivity contribution in [3.63, 3.8) is 0 Å². The van der Waals surface area contributed by atoms with Crippen LogP contribution in [0, 0.1) is 11.3 Å². The van der Waals surface area contributed by atoms with E-state index in [1.807, 2.05) is 53.6 Å². The Labute approximate surface area is 197 Å². The molecule has 0 unspecified atom stereocenters. The fourth-order valence-corrected chi connectivity index (χ4v) is 4.80. The molecule has 0 spiro atoms. The van der Waals surface area contributed by atoms with Crippen LogP contribution in [0.2, 0.25) is 5.02 Å². The number of carbonyl (C=O) groups is 1. The fraction of sp³-hybridized carbons (Fsp3) is 0.320. The number of imidazole rings is 1. The quantitative estimate of drug-likeness (QED) is 0.605. The standard InChI is InChI=1S/C25H24ClN5O2/c26-19-5-6-24-21(11-19)23(8-10-33-24)31-9-7-22(25(31)32)29-14-20-13-28-16-30(20)15-18-3-1-17(12-27)2-4-18/h1-6,11,13,16,22-23,29H,7-10,14-15H2/t22-,23+/m0/s1. The summed E-state index contributed by atoms with van der Waals surface area (Å²) in [7, 11) is 0. The van der Waals surface area contributed by atoms with E-state index < -0.39 is 0 Å². The average Bonchev–Trinajstić information content (AvgIpc) is 3.43. The van der Waals surface area contributed by atoms with E-state index in [0.717, 1.165) is 35.4 Å². The van der Waals surface area contributed by atoms with E-state index in [-0.39, 0.29) is 18.0 Å². The van der Waals surface area contributed by atoms with Gasteiger partial charge in [-0.1, -0.05) is 23.7 Å². The number of likely N-dealkylation sites (tertiary alicyclic amines) is 1. The maximum atomic E-state index is 13.2. The Morgan fingerprint density at radius 3 is 2.88 bits per heavy atom. The molecule has 0 aliphatic carbocycles. The van der Waals surface area contributed by atoms with Crippen LogP contribution < -0.4 is 10.1 Å². The van der Waals surface area contributed by atoms with Gasteiger partial charge in [0.15, 0.2) is 0 Å². The molecule has 1 amide bonds. The van der Waals surface area contributed by atoms with Crippen LogP contribution in [0.15, 0.2) is 55.0 Å². The van der Waals surface area contributed by atoms with Crippen LogP contribution in [0.25, 0.3) is 0 Å². The minimum atomic E-state index is -0.228. The molecule has 0 saturated carbocycles. The summed E-state index contributed by atoms with van der Waals surface area (Å²) >= 11 is 6.21. The topological polar surface area (TPSA) is 83.2 Å². The first-order valence-corrected chi connectivity index (χ1v) is 11.4. The van der Waals surface area contributed by atoms with Gasteiger partial charge in [0.25, 0.3) is 0 Å². The van der Waals surface area contributed by atoms with Gasteiger partial charge in [-0.25, -0.2) is 4.98 Å². The summed E-state index contributed by atoms with van der Waals surface area (Å²) < 4.78 is 7.82. The predicted octanol–water partition coefficient (Wildman–Crippen LogP) is 3.67. The lowest BCUT2D eigenvalue weighted by Gasteiger charge is -2.33. The van der Waals surface area contributed by atoms with E-state index >= 15 is 0 Å². The summed E-state index contributed by atoms with van der Waals surface area (Å²) in [6.45, 7) is 2.51. The van der Waals surface area contributed by atoms with Crippen molar-refractivity contribution in [3.05, 3.63) is 82.4 Å². The molecule has 1 saturated heterocycles. The number of carbonyl (C=O) groups excluding carboxylic acids is 1. The van der Waals surface area contributed by atoms with Crippen molar-refractivity contribution in [1.29, 1.82) is 5.26 Å². The highest BCUT2D eigenvalue weighted by Crippen LogP contribution is 2.39. The molecule has 0 radical (unpaired) electrons. The first-order valence-electron chi connectivity index (χ1n) is 11.1. The number of nitrogens with zero attached hydrogens (tertiary/aromatic N) is 4.